The van der Waals surface area contributed by atoms with E-state index in [0.717, 1.165) is 19.0 Å². The van der Waals surface area contributed by atoms with Gasteiger partial charge in [-0.2, -0.15) is 0 Å². The lowest BCUT2D eigenvalue weighted by Gasteiger charge is -2.30. The molecule has 1 N–H and O–H groups in total. The molecule has 0 fully saturated rings. The Morgan fingerprint density at radius 3 is 2.80 bits per heavy atom. The van der Waals surface area contributed by atoms with Crippen LogP contribution in [-0.2, 0) is 6.54 Å². The van der Waals surface area contributed by atoms with E-state index in [-0.39, 0.29) is 0 Å². The van der Waals surface area contributed by atoms with E-state index >= 15 is 0 Å². The molecule has 112 valence electrons. The van der Waals surface area contributed by atoms with Gasteiger partial charge in [-0.3, -0.25) is 0 Å². The van der Waals surface area contributed by atoms with Crippen molar-refractivity contribution >= 4 is 5.69 Å². The molecule has 0 amide bonds. The van der Waals surface area contributed by atoms with Gasteiger partial charge in [0.25, 0.3) is 0 Å². The van der Waals surface area contributed by atoms with E-state index in [4.69, 9.17) is 0 Å². The van der Waals surface area contributed by atoms with Crippen molar-refractivity contribution in [1.82, 2.24) is 5.32 Å². The second-order valence-corrected chi connectivity index (χ2v) is 6.15. The molecular formula is C18H30N2. The van der Waals surface area contributed by atoms with Gasteiger partial charge in [0.05, 0.1) is 0 Å². The summed E-state index contributed by atoms with van der Waals surface area (Å²) in [5, 5.41) is 3.77. The molecule has 0 spiro atoms. The number of para-hydroxylation sites is 1. The smallest absolute Gasteiger partial charge is 0.0412 e. The molecule has 2 heteroatoms. The molecule has 0 saturated carbocycles. The average molecular weight is 274 g/mol. The van der Waals surface area contributed by atoms with Crippen LogP contribution in [0.5, 0.6) is 0 Å². The molecule has 0 aliphatic carbocycles. The minimum Gasteiger partial charge on any atom is -0.370 e. The molecule has 20 heavy (non-hydrogen) atoms. The van der Waals surface area contributed by atoms with Gasteiger partial charge in [-0.25, -0.2) is 0 Å². The molecule has 0 aromatic heterocycles. The summed E-state index contributed by atoms with van der Waals surface area (Å²) < 4.78 is 0. The van der Waals surface area contributed by atoms with Crippen molar-refractivity contribution in [2.24, 2.45) is 5.92 Å². The van der Waals surface area contributed by atoms with Crippen LogP contribution in [0.1, 0.15) is 52.0 Å². The van der Waals surface area contributed by atoms with Crippen molar-refractivity contribution in [2.45, 2.75) is 59.0 Å². The topological polar surface area (TPSA) is 15.3 Å². The summed E-state index contributed by atoms with van der Waals surface area (Å²) in [7, 11) is 0. The Morgan fingerprint density at radius 2 is 2.05 bits per heavy atom. The van der Waals surface area contributed by atoms with E-state index in [2.05, 4.69) is 55.3 Å². The van der Waals surface area contributed by atoms with Gasteiger partial charge in [0.15, 0.2) is 0 Å². The van der Waals surface area contributed by atoms with E-state index in [1.54, 1.807) is 0 Å². The van der Waals surface area contributed by atoms with Crippen LogP contribution in [-0.4, -0.2) is 19.1 Å². The third-order valence-corrected chi connectivity index (χ3v) is 4.67. The molecule has 2 unspecified atom stereocenters. The Labute approximate surface area is 124 Å². The Hall–Kier alpha value is -1.02. The number of unbranched alkanes of at least 4 members (excludes halogenated alkanes) is 2. The van der Waals surface area contributed by atoms with Crippen LogP contribution in [0.4, 0.5) is 5.69 Å². The molecular weight excluding hydrogens is 244 g/mol. The quantitative estimate of drug-likeness (QED) is 0.782. The van der Waals surface area contributed by atoms with E-state index in [9.17, 15) is 0 Å². The van der Waals surface area contributed by atoms with Crippen molar-refractivity contribution < 1.29 is 0 Å². The maximum Gasteiger partial charge on any atom is 0.0412 e. The van der Waals surface area contributed by atoms with Crippen LogP contribution in [0.25, 0.3) is 0 Å². The van der Waals surface area contributed by atoms with Gasteiger partial charge in [-0.05, 0) is 24.0 Å². The maximum absolute atomic E-state index is 3.77. The minimum absolute atomic E-state index is 0.606. The van der Waals surface area contributed by atoms with E-state index in [0.29, 0.717) is 6.04 Å². The summed E-state index contributed by atoms with van der Waals surface area (Å²) in [6.45, 7) is 10.3. The fourth-order valence-electron chi connectivity index (χ4n) is 3.04. The highest BCUT2D eigenvalue weighted by Gasteiger charge is 2.23. The molecule has 2 atom stereocenters. The normalized spacial score (nSPS) is 20.4. The molecule has 0 radical (unpaired) electrons. The molecule has 2 nitrogen and oxygen atoms in total. The monoisotopic (exact) mass is 274 g/mol. The number of rotatable bonds is 6. The zero-order valence-corrected chi connectivity index (χ0v) is 13.4. The summed E-state index contributed by atoms with van der Waals surface area (Å²) in [5.41, 5.74) is 2.90. The molecule has 1 aliphatic rings. The van der Waals surface area contributed by atoms with Crippen molar-refractivity contribution in [1.29, 1.82) is 0 Å². The van der Waals surface area contributed by atoms with Crippen LogP contribution < -0.4 is 10.2 Å². The lowest BCUT2D eigenvalue weighted by Crippen LogP contribution is -2.42. The van der Waals surface area contributed by atoms with Crippen LogP contribution >= 0.6 is 0 Å². The molecule has 1 aromatic carbocycles. The zero-order valence-electron chi connectivity index (χ0n) is 13.4. The molecule has 1 aromatic rings. The largest absolute Gasteiger partial charge is 0.370 e. The van der Waals surface area contributed by atoms with Gasteiger partial charge >= 0.3 is 0 Å². The van der Waals surface area contributed by atoms with Gasteiger partial charge in [0, 0.05) is 31.4 Å². The van der Waals surface area contributed by atoms with Gasteiger partial charge in [-0.15, -0.1) is 0 Å². The summed E-state index contributed by atoms with van der Waals surface area (Å²) >= 11 is 0. The fraction of sp³-hybridized carbons (Fsp3) is 0.667. The summed E-state index contributed by atoms with van der Waals surface area (Å²) in [4.78, 5) is 2.61. The number of hydrogen-bond acceptors (Lipinski definition) is 2. The maximum atomic E-state index is 3.77. The average Bonchev–Trinajstić information content (AvgIpc) is 2.67. The number of benzene rings is 1. The Morgan fingerprint density at radius 1 is 1.25 bits per heavy atom. The number of anilines is 1. The lowest BCUT2D eigenvalue weighted by atomic mass is 9.99. The summed E-state index contributed by atoms with van der Waals surface area (Å²) in [5.74, 6) is 0.734. The van der Waals surface area contributed by atoms with E-state index in [1.807, 2.05) is 0 Å². The first-order valence-corrected chi connectivity index (χ1v) is 8.32. The Kier molecular flexibility index (Phi) is 5.90. The van der Waals surface area contributed by atoms with E-state index < -0.39 is 0 Å². The van der Waals surface area contributed by atoms with E-state index in [1.165, 1.54) is 43.5 Å². The standard InChI is InChI=1S/C18H30N2/c1-4-6-9-12-20-14-17(15(3)5-2)19-13-16-10-7-8-11-18(16)20/h7-8,10-11,15,17,19H,4-6,9,12-14H2,1-3H3. The van der Waals surface area contributed by atoms with Gasteiger partial charge in [-0.1, -0.05) is 58.2 Å². The van der Waals surface area contributed by atoms with Crippen LogP contribution in [0.2, 0.25) is 0 Å². The highest BCUT2D eigenvalue weighted by Crippen LogP contribution is 2.26. The first kappa shape index (κ1) is 15.4. The highest BCUT2D eigenvalue weighted by molar-refractivity contribution is 5.54. The zero-order chi connectivity index (χ0) is 14.4. The third-order valence-electron chi connectivity index (χ3n) is 4.67. The van der Waals surface area contributed by atoms with Gasteiger partial charge < -0.3 is 10.2 Å². The lowest BCUT2D eigenvalue weighted by molar-refractivity contribution is 0.370. The third kappa shape index (κ3) is 3.76. The first-order chi connectivity index (χ1) is 9.76. The summed E-state index contributed by atoms with van der Waals surface area (Å²) in [6.07, 6.45) is 5.18. The second-order valence-electron chi connectivity index (χ2n) is 6.15. The van der Waals surface area contributed by atoms with Crippen LogP contribution in [0, 0.1) is 5.92 Å². The predicted octanol–water partition coefficient (Wildman–Crippen LogP) is 4.20. The Bertz CT molecular complexity index is 402. The van der Waals surface area contributed by atoms with Crippen LogP contribution in [0.15, 0.2) is 24.3 Å². The molecule has 1 aliphatic heterocycles. The van der Waals surface area contributed by atoms with Crippen molar-refractivity contribution in [3.8, 4) is 0 Å². The van der Waals surface area contributed by atoms with Gasteiger partial charge in [0.2, 0.25) is 0 Å². The number of nitrogens with one attached hydrogen (secondary N) is 1. The molecule has 0 saturated heterocycles. The minimum atomic E-state index is 0.606. The van der Waals surface area contributed by atoms with Gasteiger partial charge in [0.1, 0.15) is 0 Å². The molecule has 2 rings (SSSR count). The summed E-state index contributed by atoms with van der Waals surface area (Å²) in [6, 6.07) is 9.51. The van der Waals surface area contributed by atoms with Crippen LogP contribution in [0.3, 0.4) is 0 Å². The first-order valence-electron chi connectivity index (χ1n) is 8.32. The van der Waals surface area contributed by atoms with Crippen molar-refractivity contribution in [3.05, 3.63) is 29.8 Å². The molecule has 1 heterocycles. The Balaban J connectivity index is 2.14. The second kappa shape index (κ2) is 7.68. The molecule has 0 bridgehead atoms. The number of nitrogens with zero attached hydrogens (tertiary/aromatic N) is 1. The number of hydrogen-bond donors (Lipinski definition) is 1. The van der Waals surface area contributed by atoms with Crippen molar-refractivity contribution in [2.75, 3.05) is 18.0 Å². The highest BCUT2D eigenvalue weighted by atomic mass is 15.2. The van der Waals surface area contributed by atoms with Crippen molar-refractivity contribution in [3.63, 3.8) is 0 Å². The predicted molar refractivity (Wildman–Crippen MR) is 88.3 cm³/mol. The fourth-order valence-corrected chi connectivity index (χ4v) is 3.04. The SMILES string of the molecule is CCCCCN1CC(C(C)CC)NCc2ccccc21. The number of fused-ring (bicyclic) bond motifs is 1.